The Kier molecular flexibility index (Phi) is 3.73. The summed E-state index contributed by atoms with van der Waals surface area (Å²) in [6.07, 6.45) is 1.06. The molecule has 1 unspecified atom stereocenters. The van der Waals surface area contributed by atoms with Crippen LogP contribution in [0.25, 0.3) is 0 Å². The number of hydrogen-bond donors (Lipinski definition) is 0. The smallest absolute Gasteiger partial charge is 0.102 e. The Balaban J connectivity index is 2.38. The summed E-state index contributed by atoms with van der Waals surface area (Å²) in [6.45, 7) is 6.47. The van der Waals surface area contributed by atoms with Crippen molar-refractivity contribution in [1.82, 2.24) is 0 Å². The third kappa shape index (κ3) is 2.20. The van der Waals surface area contributed by atoms with Gasteiger partial charge in [-0.05, 0) is 48.9 Å². The van der Waals surface area contributed by atoms with Crippen molar-refractivity contribution in [2.45, 2.75) is 32.6 Å². The van der Waals surface area contributed by atoms with Crippen LogP contribution in [0, 0.1) is 13.8 Å². The monoisotopic (exact) mass is 270 g/mol. The van der Waals surface area contributed by atoms with Crippen LogP contribution in [0.3, 0.4) is 0 Å². The zero-order valence-corrected chi connectivity index (χ0v) is 12.1. The van der Waals surface area contributed by atoms with E-state index in [0.717, 1.165) is 6.42 Å². The maximum Gasteiger partial charge on any atom is 0.102 e. The van der Waals surface area contributed by atoms with Gasteiger partial charge in [-0.3, -0.25) is 0 Å². The molecule has 0 amide bonds. The molecule has 0 spiro atoms. The molecule has 2 rings (SSSR count). The summed E-state index contributed by atoms with van der Waals surface area (Å²) >= 11 is 10.2. The molecule has 3 heteroatoms. The second-order valence-corrected chi connectivity index (χ2v) is 6.60. The van der Waals surface area contributed by atoms with E-state index in [1.165, 1.54) is 25.8 Å². The predicted molar refractivity (Wildman–Crippen MR) is 75.2 cm³/mol. The Morgan fingerprint density at radius 2 is 2.06 bits per heavy atom. The van der Waals surface area contributed by atoms with Crippen molar-refractivity contribution in [3.8, 4) is 0 Å². The Bertz CT molecular complexity index is 482. The zero-order valence-electron chi connectivity index (χ0n) is 9.71. The Morgan fingerprint density at radius 3 is 2.62 bits per heavy atom. The van der Waals surface area contributed by atoms with Gasteiger partial charge in [0.15, 0.2) is 0 Å². The summed E-state index contributed by atoms with van der Waals surface area (Å²) in [6, 6.07) is 4.40. The quantitative estimate of drug-likeness (QED) is 0.663. The van der Waals surface area contributed by atoms with Crippen molar-refractivity contribution >= 4 is 34.3 Å². The van der Waals surface area contributed by atoms with Crippen molar-refractivity contribution in [1.29, 1.82) is 0 Å². The molecule has 0 saturated heterocycles. The second kappa shape index (κ2) is 4.91. The molecule has 2 aromatic rings. The molecule has 2 heterocycles. The summed E-state index contributed by atoms with van der Waals surface area (Å²) in [7, 11) is 0. The molecule has 2 aromatic heterocycles. The van der Waals surface area contributed by atoms with Crippen molar-refractivity contribution in [2.24, 2.45) is 0 Å². The van der Waals surface area contributed by atoms with Crippen LogP contribution in [0.15, 0.2) is 17.5 Å². The van der Waals surface area contributed by atoms with Gasteiger partial charge in [-0.1, -0.05) is 6.92 Å². The fraction of sp³-hybridized carbons (Fsp3) is 0.385. The summed E-state index contributed by atoms with van der Waals surface area (Å²) in [5.41, 5.74) is 2.70. The maximum atomic E-state index is 6.60. The number of aryl methyl sites for hydroxylation is 3. The first-order valence-electron chi connectivity index (χ1n) is 5.40. The topological polar surface area (TPSA) is 0 Å². The minimum Gasteiger partial charge on any atom is -0.147 e. The standard InChI is InChI=1S/C13H15ClS2/c1-4-10-5-6-15-13(10)11(14)12-8(2)7-9(3)16-12/h5-7,11H,4H2,1-3H3. The van der Waals surface area contributed by atoms with E-state index < -0.39 is 0 Å². The van der Waals surface area contributed by atoms with Crippen LogP contribution in [0.5, 0.6) is 0 Å². The molecule has 0 saturated carbocycles. The number of thiophene rings is 2. The minimum absolute atomic E-state index is 0.0358. The lowest BCUT2D eigenvalue weighted by Crippen LogP contribution is -1.92. The molecule has 0 radical (unpaired) electrons. The van der Waals surface area contributed by atoms with Crippen molar-refractivity contribution in [3.05, 3.63) is 43.3 Å². The van der Waals surface area contributed by atoms with E-state index in [2.05, 4.69) is 38.3 Å². The van der Waals surface area contributed by atoms with Gasteiger partial charge < -0.3 is 0 Å². The number of hydrogen-bond acceptors (Lipinski definition) is 2. The summed E-state index contributed by atoms with van der Waals surface area (Å²) in [5, 5.41) is 2.17. The molecular formula is C13H15ClS2. The van der Waals surface area contributed by atoms with Gasteiger partial charge in [0.1, 0.15) is 5.38 Å². The van der Waals surface area contributed by atoms with Gasteiger partial charge in [0.05, 0.1) is 0 Å². The molecular weight excluding hydrogens is 256 g/mol. The average Bonchev–Trinajstić information content (AvgIpc) is 2.83. The molecule has 0 aliphatic carbocycles. The highest BCUT2D eigenvalue weighted by Gasteiger charge is 2.19. The van der Waals surface area contributed by atoms with Crippen LogP contribution in [-0.4, -0.2) is 0 Å². The van der Waals surface area contributed by atoms with Crippen LogP contribution in [0.4, 0.5) is 0 Å². The fourth-order valence-corrected chi connectivity index (χ4v) is 4.57. The van der Waals surface area contributed by atoms with Crippen LogP contribution in [-0.2, 0) is 6.42 Å². The van der Waals surface area contributed by atoms with Crippen molar-refractivity contribution in [2.75, 3.05) is 0 Å². The lowest BCUT2D eigenvalue weighted by Gasteiger charge is -2.09. The van der Waals surface area contributed by atoms with Crippen LogP contribution >= 0.6 is 34.3 Å². The molecule has 0 bridgehead atoms. The summed E-state index contributed by atoms with van der Waals surface area (Å²) in [4.78, 5) is 3.96. The van der Waals surface area contributed by atoms with Crippen LogP contribution in [0.2, 0.25) is 0 Å². The molecule has 86 valence electrons. The van der Waals surface area contributed by atoms with Crippen molar-refractivity contribution < 1.29 is 0 Å². The van der Waals surface area contributed by atoms with Gasteiger partial charge in [0, 0.05) is 14.6 Å². The molecule has 0 nitrogen and oxygen atoms in total. The van der Waals surface area contributed by atoms with Crippen LogP contribution < -0.4 is 0 Å². The van der Waals surface area contributed by atoms with E-state index >= 15 is 0 Å². The third-order valence-corrected chi connectivity index (χ3v) is 5.64. The maximum absolute atomic E-state index is 6.60. The third-order valence-electron chi connectivity index (χ3n) is 2.70. The second-order valence-electron chi connectivity index (χ2n) is 3.93. The van der Waals surface area contributed by atoms with Gasteiger partial charge in [0.2, 0.25) is 0 Å². The van der Waals surface area contributed by atoms with E-state index in [4.69, 9.17) is 11.6 Å². The van der Waals surface area contributed by atoms with Gasteiger partial charge in [-0.25, -0.2) is 0 Å². The van der Waals surface area contributed by atoms with E-state index in [1.807, 2.05) is 11.3 Å². The molecule has 0 aromatic carbocycles. The van der Waals surface area contributed by atoms with E-state index in [0.29, 0.717) is 0 Å². The minimum atomic E-state index is 0.0358. The first-order valence-corrected chi connectivity index (χ1v) is 7.54. The highest BCUT2D eigenvalue weighted by atomic mass is 35.5. The molecule has 0 N–H and O–H groups in total. The highest BCUT2D eigenvalue weighted by molar-refractivity contribution is 7.13. The van der Waals surface area contributed by atoms with E-state index in [-0.39, 0.29) is 5.38 Å². The largest absolute Gasteiger partial charge is 0.147 e. The number of halogens is 1. The highest BCUT2D eigenvalue weighted by Crippen LogP contribution is 2.40. The lowest BCUT2D eigenvalue weighted by atomic mass is 10.1. The van der Waals surface area contributed by atoms with Crippen LogP contribution in [0.1, 0.15) is 38.1 Å². The van der Waals surface area contributed by atoms with E-state index in [9.17, 15) is 0 Å². The first-order chi connectivity index (χ1) is 7.63. The first kappa shape index (κ1) is 12.2. The molecule has 1 atom stereocenters. The van der Waals surface area contributed by atoms with Gasteiger partial charge in [-0.2, -0.15) is 0 Å². The summed E-state index contributed by atoms with van der Waals surface area (Å²) in [5.74, 6) is 0. The summed E-state index contributed by atoms with van der Waals surface area (Å²) < 4.78 is 0. The average molecular weight is 271 g/mol. The molecule has 0 aliphatic heterocycles. The van der Waals surface area contributed by atoms with Gasteiger partial charge >= 0.3 is 0 Å². The van der Waals surface area contributed by atoms with Gasteiger partial charge in [0.25, 0.3) is 0 Å². The number of alkyl halides is 1. The SMILES string of the molecule is CCc1ccsc1C(Cl)c1sc(C)cc1C. The zero-order chi connectivity index (χ0) is 11.7. The van der Waals surface area contributed by atoms with Gasteiger partial charge in [-0.15, -0.1) is 34.3 Å². The van der Waals surface area contributed by atoms with E-state index in [1.54, 1.807) is 11.3 Å². The van der Waals surface area contributed by atoms with Crippen molar-refractivity contribution in [3.63, 3.8) is 0 Å². The number of rotatable bonds is 3. The normalized spacial score (nSPS) is 13.0. The molecule has 0 aliphatic rings. The lowest BCUT2D eigenvalue weighted by molar-refractivity contribution is 1.08. The fourth-order valence-electron chi connectivity index (χ4n) is 1.89. The Hall–Kier alpha value is -0.310. The Labute approximate surface area is 110 Å². The molecule has 16 heavy (non-hydrogen) atoms. The Morgan fingerprint density at radius 1 is 1.31 bits per heavy atom. The molecule has 0 fully saturated rings. The predicted octanol–water partition coefficient (Wildman–Crippen LogP) is 5.32.